The summed E-state index contributed by atoms with van der Waals surface area (Å²) in [5.41, 5.74) is -0.924. The van der Waals surface area contributed by atoms with Crippen LogP contribution in [0.4, 0.5) is 22.0 Å². The van der Waals surface area contributed by atoms with Gasteiger partial charge in [0.2, 0.25) is 5.82 Å². The van der Waals surface area contributed by atoms with Crippen LogP contribution in [0, 0.1) is 29.1 Å². The van der Waals surface area contributed by atoms with Crippen molar-refractivity contribution in [2.24, 2.45) is 0 Å². The molecule has 0 bridgehead atoms. The van der Waals surface area contributed by atoms with Crippen molar-refractivity contribution >= 4 is 0 Å². The lowest BCUT2D eigenvalue weighted by Crippen LogP contribution is -2.23. The van der Waals surface area contributed by atoms with Crippen LogP contribution in [-0.2, 0) is 11.2 Å². The Morgan fingerprint density at radius 1 is 0.704 bits per heavy atom. The van der Waals surface area contributed by atoms with Crippen LogP contribution in [0.25, 0.3) is 0 Å². The Balaban J connectivity index is 2.60. The van der Waals surface area contributed by atoms with Gasteiger partial charge in [0, 0.05) is 5.56 Å². The van der Waals surface area contributed by atoms with E-state index in [4.69, 9.17) is 14.9 Å². The molecule has 0 heterocycles. The highest BCUT2D eigenvalue weighted by atomic mass is 19.2. The first-order valence-corrected chi connectivity index (χ1v) is 9.31. The first-order valence-electron chi connectivity index (χ1n) is 9.31. The minimum Gasteiger partial charge on any atom is -0.346 e. The van der Waals surface area contributed by atoms with E-state index in [0.29, 0.717) is 12.8 Å². The van der Waals surface area contributed by atoms with Crippen LogP contribution in [0.1, 0.15) is 70.3 Å². The molecule has 0 saturated heterocycles. The van der Waals surface area contributed by atoms with Gasteiger partial charge in [-0.2, -0.15) is 0 Å². The number of aliphatic hydroxyl groups excluding tert-OH is 1. The Kier molecular flexibility index (Phi) is 10.8. The maximum absolute atomic E-state index is 13.7. The number of halogens is 5. The molecule has 1 rings (SSSR count). The Morgan fingerprint density at radius 2 is 1.19 bits per heavy atom. The molecule has 1 unspecified atom stereocenters. The highest BCUT2D eigenvalue weighted by Crippen LogP contribution is 2.25. The molecule has 0 aliphatic carbocycles. The molecule has 1 aromatic carbocycles. The van der Waals surface area contributed by atoms with Gasteiger partial charge >= 0.3 is 0 Å². The summed E-state index contributed by atoms with van der Waals surface area (Å²) in [7, 11) is 0. The molecule has 0 aromatic heterocycles. The van der Waals surface area contributed by atoms with Crippen LogP contribution in [0.5, 0.6) is 0 Å². The third kappa shape index (κ3) is 7.71. The molecule has 0 aliphatic rings. The van der Waals surface area contributed by atoms with E-state index < -0.39 is 53.7 Å². The minimum atomic E-state index is -2.20. The normalized spacial score (nSPS) is 12.8. The fourth-order valence-electron chi connectivity index (χ4n) is 2.96. The lowest BCUT2D eigenvalue weighted by atomic mass is 10.0. The molecule has 1 atom stereocenters. The average molecular weight is 398 g/mol. The van der Waals surface area contributed by atoms with Crippen molar-refractivity contribution in [2.75, 3.05) is 0 Å². The summed E-state index contributed by atoms with van der Waals surface area (Å²) >= 11 is 0. The maximum atomic E-state index is 13.7. The Morgan fingerprint density at radius 3 is 1.70 bits per heavy atom. The molecule has 0 spiro atoms. The van der Waals surface area contributed by atoms with Crippen molar-refractivity contribution in [3.63, 3.8) is 0 Å². The van der Waals surface area contributed by atoms with Gasteiger partial charge in [0.25, 0.3) is 6.48 Å². The number of hydrogen-bond donors (Lipinski definition) is 2. The number of hydrogen-bond acceptors (Lipinski definition) is 3. The van der Waals surface area contributed by atoms with Crippen LogP contribution >= 0.6 is 0 Å². The molecule has 1 aromatic rings. The van der Waals surface area contributed by atoms with Gasteiger partial charge in [-0.25, -0.2) is 22.0 Å². The van der Waals surface area contributed by atoms with E-state index >= 15 is 0 Å². The van der Waals surface area contributed by atoms with Crippen LogP contribution < -0.4 is 0 Å². The predicted octanol–water partition coefficient (Wildman–Crippen LogP) is 5.11. The van der Waals surface area contributed by atoms with E-state index in [-0.39, 0.29) is 6.42 Å². The molecule has 0 fully saturated rings. The summed E-state index contributed by atoms with van der Waals surface area (Å²) in [6, 6.07) is 0. The minimum absolute atomic E-state index is 0.105. The van der Waals surface area contributed by atoms with Crippen molar-refractivity contribution in [3.05, 3.63) is 34.6 Å². The third-order valence-corrected chi connectivity index (χ3v) is 4.46. The summed E-state index contributed by atoms with van der Waals surface area (Å²) in [6.07, 6.45) is 6.17. The van der Waals surface area contributed by atoms with Crippen LogP contribution in [0.3, 0.4) is 0 Å². The molecule has 2 N–H and O–H groups in total. The molecule has 0 radical (unpaired) electrons. The molecular weight excluding hydrogens is 371 g/mol. The largest absolute Gasteiger partial charge is 0.346 e. The van der Waals surface area contributed by atoms with E-state index in [1.165, 1.54) is 6.42 Å². The van der Waals surface area contributed by atoms with Gasteiger partial charge in [-0.15, -0.1) is 0 Å². The lowest BCUT2D eigenvalue weighted by Gasteiger charge is -2.19. The smallest absolute Gasteiger partial charge is 0.266 e. The monoisotopic (exact) mass is 398 g/mol. The summed E-state index contributed by atoms with van der Waals surface area (Å²) in [5.74, 6) is -9.92. The fraction of sp³-hybridized carbons (Fsp3) is 0.684. The summed E-state index contributed by atoms with van der Waals surface area (Å²) in [6.45, 7) is 0.0445. The van der Waals surface area contributed by atoms with Gasteiger partial charge in [0.15, 0.2) is 23.3 Å². The van der Waals surface area contributed by atoms with Gasteiger partial charge < -0.3 is 14.9 Å². The van der Waals surface area contributed by atoms with Crippen molar-refractivity contribution in [1.82, 2.24) is 0 Å². The predicted molar refractivity (Wildman–Crippen MR) is 90.3 cm³/mol. The molecule has 156 valence electrons. The highest BCUT2D eigenvalue weighted by molar-refractivity contribution is 5.24. The maximum Gasteiger partial charge on any atom is 0.266 e. The molecule has 3 nitrogen and oxygen atoms in total. The molecule has 0 amide bonds. The number of aliphatic hydroxyl groups is 2. The SMILES string of the molecule is CCCCCCCCCC(CCc1c(F)c(F)c(F)c(F)c1F)OC(O)O. The van der Waals surface area contributed by atoms with E-state index in [2.05, 4.69) is 6.92 Å². The van der Waals surface area contributed by atoms with Crippen molar-refractivity contribution in [1.29, 1.82) is 0 Å². The lowest BCUT2D eigenvalue weighted by molar-refractivity contribution is -0.257. The molecule has 27 heavy (non-hydrogen) atoms. The van der Waals surface area contributed by atoms with Crippen molar-refractivity contribution in [3.8, 4) is 0 Å². The zero-order chi connectivity index (χ0) is 20.4. The zero-order valence-electron chi connectivity index (χ0n) is 15.4. The standard InChI is InChI=1S/C19H27F5O3/c1-2-3-4-5-6-7-8-9-12(27-19(25)26)10-11-13-14(20)16(22)18(24)17(23)15(13)21/h12,19,25-26H,2-11H2,1H3. The molecule has 0 aliphatic heterocycles. The van der Waals surface area contributed by atoms with Crippen LogP contribution in [0.2, 0.25) is 0 Å². The van der Waals surface area contributed by atoms with E-state index in [0.717, 1.165) is 32.1 Å². The van der Waals surface area contributed by atoms with Crippen molar-refractivity contribution < 1.29 is 36.9 Å². The number of ether oxygens (including phenoxy) is 1. The Labute approximate surface area is 156 Å². The van der Waals surface area contributed by atoms with Gasteiger partial charge in [-0.1, -0.05) is 51.9 Å². The van der Waals surface area contributed by atoms with Crippen LogP contribution in [0.15, 0.2) is 0 Å². The number of unbranched alkanes of at least 4 members (excludes halogenated alkanes) is 6. The van der Waals surface area contributed by atoms with E-state index in [9.17, 15) is 22.0 Å². The van der Waals surface area contributed by atoms with Crippen LogP contribution in [-0.4, -0.2) is 22.8 Å². The highest BCUT2D eigenvalue weighted by Gasteiger charge is 2.26. The molecular formula is C19H27F5O3. The van der Waals surface area contributed by atoms with Gasteiger partial charge in [0.1, 0.15) is 0 Å². The quantitative estimate of drug-likeness (QED) is 0.160. The van der Waals surface area contributed by atoms with E-state index in [1.807, 2.05) is 0 Å². The third-order valence-electron chi connectivity index (χ3n) is 4.46. The Hall–Kier alpha value is -1.25. The number of benzene rings is 1. The second kappa shape index (κ2) is 12.3. The second-order valence-corrected chi connectivity index (χ2v) is 6.58. The summed E-state index contributed by atoms with van der Waals surface area (Å²) in [4.78, 5) is 0. The first kappa shape index (κ1) is 23.8. The van der Waals surface area contributed by atoms with Gasteiger partial charge in [-0.05, 0) is 19.3 Å². The van der Waals surface area contributed by atoms with Gasteiger partial charge in [0.05, 0.1) is 6.10 Å². The first-order chi connectivity index (χ1) is 12.8. The zero-order valence-corrected chi connectivity index (χ0v) is 15.4. The summed E-state index contributed by atoms with van der Waals surface area (Å²) in [5, 5.41) is 17.9. The van der Waals surface area contributed by atoms with Gasteiger partial charge in [-0.3, -0.25) is 0 Å². The fourth-order valence-corrected chi connectivity index (χ4v) is 2.96. The second-order valence-electron chi connectivity index (χ2n) is 6.58. The Bertz CT molecular complexity index is 552. The topological polar surface area (TPSA) is 49.7 Å². The van der Waals surface area contributed by atoms with E-state index in [1.54, 1.807) is 0 Å². The summed E-state index contributed by atoms with van der Waals surface area (Å²) < 4.78 is 71.9. The molecule has 8 heteroatoms. The molecule has 0 saturated carbocycles. The number of rotatable bonds is 13. The average Bonchev–Trinajstić information content (AvgIpc) is 2.63. The van der Waals surface area contributed by atoms with Crippen molar-refractivity contribution in [2.45, 2.75) is 83.7 Å².